The molecule has 0 unspecified atom stereocenters. The first-order valence-corrected chi connectivity index (χ1v) is 4.94. The molecule has 0 fully saturated rings. The molecule has 1 aromatic heterocycles. The van der Waals surface area contributed by atoms with Gasteiger partial charge in [-0.25, -0.2) is 4.68 Å². The Morgan fingerprint density at radius 3 is 2.44 bits per heavy atom. The van der Waals surface area contributed by atoms with Crippen molar-refractivity contribution in [1.82, 2.24) is 14.9 Å². The molecule has 0 saturated carbocycles. The zero-order chi connectivity index (χ0) is 11.5. The molecule has 6 N–H and O–H groups in total. The SMILES string of the molecule is Nc1nnc([C@H](N)Cc2ccccc2)n1N. The van der Waals surface area contributed by atoms with E-state index in [9.17, 15) is 0 Å². The molecule has 84 valence electrons. The van der Waals surface area contributed by atoms with Crippen LogP contribution in [0.5, 0.6) is 0 Å². The van der Waals surface area contributed by atoms with Gasteiger partial charge in [0.1, 0.15) is 0 Å². The van der Waals surface area contributed by atoms with Gasteiger partial charge in [-0.2, -0.15) is 0 Å². The van der Waals surface area contributed by atoms with Gasteiger partial charge < -0.3 is 17.3 Å². The van der Waals surface area contributed by atoms with Crippen LogP contribution in [0.3, 0.4) is 0 Å². The molecule has 6 nitrogen and oxygen atoms in total. The summed E-state index contributed by atoms with van der Waals surface area (Å²) in [6, 6.07) is 9.57. The third kappa shape index (κ3) is 1.96. The van der Waals surface area contributed by atoms with Crippen LogP contribution in [0.15, 0.2) is 30.3 Å². The highest BCUT2D eigenvalue weighted by molar-refractivity contribution is 5.21. The predicted molar refractivity (Wildman–Crippen MR) is 61.7 cm³/mol. The lowest BCUT2D eigenvalue weighted by Crippen LogP contribution is -2.23. The highest BCUT2D eigenvalue weighted by atomic mass is 15.4. The highest BCUT2D eigenvalue weighted by Crippen LogP contribution is 2.13. The fourth-order valence-electron chi connectivity index (χ4n) is 1.53. The molecule has 16 heavy (non-hydrogen) atoms. The first-order chi connectivity index (χ1) is 7.68. The van der Waals surface area contributed by atoms with E-state index >= 15 is 0 Å². The van der Waals surface area contributed by atoms with E-state index in [4.69, 9.17) is 17.3 Å². The monoisotopic (exact) mass is 218 g/mol. The van der Waals surface area contributed by atoms with Crippen molar-refractivity contribution in [2.24, 2.45) is 5.73 Å². The Hall–Kier alpha value is -2.08. The fraction of sp³-hybridized carbons (Fsp3) is 0.200. The van der Waals surface area contributed by atoms with Crippen LogP contribution in [0.25, 0.3) is 0 Å². The topological polar surface area (TPSA) is 109 Å². The van der Waals surface area contributed by atoms with Crippen LogP contribution in [0.1, 0.15) is 17.4 Å². The van der Waals surface area contributed by atoms with E-state index in [0.29, 0.717) is 12.2 Å². The first-order valence-electron chi connectivity index (χ1n) is 4.94. The van der Waals surface area contributed by atoms with E-state index in [-0.39, 0.29) is 12.0 Å². The number of benzene rings is 1. The van der Waals surface area contributed by atoms with Crippen molar-refractivity contribution < 1.29 is 0 Å². The molecular formula is C10H14N6. The second kappa shape index (κ2) is 4.19. The number of rotatable bonds is 3. The van der Waals surface area contributed by atoms with Crippen LogP contribution in [-0.4, -0.2) is 14.9 Å². The Bertz CT molecular complexity index is 463. The van der Waals surface area contributed by atoms with E-state index in [0.717, 1.165) is 5.56 Å². The third-order valence-electron chi connectivity index (χ3n) is 2.38. The Morgan fingerprint density at radius 1 is 1.19 bits per heavy atom. The predicted octanol–water partition coefficient (Wildman–Crippen LogP) is -0.183. The fourth-order valence-corrected chi connectivity index (χ4v) is 1.53. The Kier molecular flexibility index (Phi) is 2.74. The van der Waals surface area contributed by atoms with Crippen molar-refractivity contribution in [3.05, 3.63) is 41.7 Å². The van der Waals surface area contributed by atoms with Gasteiger partial charge in [0.2, 0.25) is 5.95 Å². The van der Waals surface area contributed by atoms with Crippen molar-refractivity contribution in [3.8, 4) is 0 Å². The molecule has 0 bridgehead atoms. The van der Waals surface area contributed by atoms with Gasteiger partial charge in [-0.1, -0.05) is 30.3 Å². The van der Waals surface area contributed by atoms with Crippen molar-refractivity contribution in [2.75, 3.05) is 11.6 Å². The Balaban J connectivity index is 2.15. The second-order valence-electron chi connectivity index (χ2n) is 3.58. The number of nitrogens with two attached hydrogens (primary N) is 3. The summed E-state index contributed by atoms with van der Waals surface area (Å²) in [5.74, 6) is 6.30. The maximum Gasteiger partial charge on any atom is 0.240 e. The first kappa shape index (κ1) is 10.4. The van der Waals surface area contributed by atoms with Gasteiger partial charge in [0.15, 0.2) is 5.82 Å². The summed E-state index contributed by atoms with van der Waals surface area (Å²) in [6.45, 7) is 0. The summed E-state index contributed by atoms with van der Waals surface area (Å²) >= 11 is 0. The summed E-state index contributed by atoms with van der Waals surface area (Å²) in [5.41, 5.74) is 12.6. The molecular weight excluding hydrogens is 204 g/mol. The molecule has 0 aliphatic heterocycles. The molecule has 2 aromatic rings. The van der Waals surface area contributed by atoms with Gasteiger partial charge in [-0.05, 0) is 12.0 Å². The van der Waals surface area contributed by atoms with Crippen molar-refractivity contribution in [1.29, 1.82) is 0 Å². The van der Waals surface area contributed by atoms with Crippen molar-refractivity contribution >= 4 is 5.95 Å². The number of hydrogen-bond acceptors (Lipinski definition) is 5. The number of anilines is 1. The summed E-state index contributed by atoms with van der Waals surface area (Å²) in [7, 11) is 0. The summed E-state index contributed by atoms with van der Waals surface area (Å²) in [4.78, 5) is 0. The highest BCUT2D eigenvalue weighted by Gasteiger charge is 2.15. The average molecular weight is 218 g/mol. The minimum absolute atomic E-state index is 0.165. The quantitative estimate of drug-likeness (QED) is 0.619. The van der Waals surface area contributed by atoms with E-state index in [1.165, 1.54) is 4.68 Å². The van der Waals surface area contributed by atoms with E-state index in [1.807, 2.05) is 30.3 Å². The van der Waals surface area contributed by atoms with Crippen LogP contribution in [0.4, 0.5) is 5.95 Å². The molecule has 1 heterocycles. The standard InChI is InChI=1S/C10H14N6/c11-8(6-7-4-2-1-3-5-7)9-14-15-10(12)16(9)13/h1-5,8H,6,11,13H2,(H2,12,15)/t8-/m1/s1. The minimum Gasteiger partial charge on any atom is -0.366 e. The van der Waals surface area contributed by atoms with Crippen LogP contribution >= 0.6 is 0 Å². The molecule has 0 aliphatic rings. The molecule has 0 radical (unpaired) electrons. The molecule has 2 rings (SSSR count). The smallest absolute Gasteiger partial charge is 0.240 e. The minimum atomic E-state index is -0.308. The van der Waals surface area contributed by atoms with Crippen molar-refractivity contribution in [2.45, 2.75) is 12.5 Å². The summed E-state index contributed by atoms with van der Waals surface area (Å²) < 4.78 is 1.22. The van der Waals surface area contributed by atoms with Crippen molar-refractivity contribution in [3.63, 3.8) is 0 Å². The number of aromatic nitrogens is 3. The zero-order valence-electron chi connectivity index (χ0n) is 8.74. The molecule has 0 spiro atoms. The third-order valence-corrected chi connectivity index (χ3v) is 2.38. The lowest BCUT2D eigenvalue weighted by Gasteiger charge is -2.10. The molecule has 0 saturated heterocycles. The van der Waals surface area contributed by atoms with Gasteiger partial charge in [0, 0.05) is 0 Å². The molecule has 0 amide bonds. The van der Waals surface area contributed by atoms with Gasteiger partial charge in [0.05, 0.1) is 6.04 Å². The number of nitrogens with zero attached hydrogens (tertiary/aromatic N) is 3. The van der Waals surface area contributed by atoms with Crippen LogP contribution in [-0.2, 0) is 6.42 Å². The molecule has 6 heteroatoms. The second-order valence-corrected chi connectivity index (χ2v) is 3.58. The maximum absolute atomic E-state index is 5.98. The van der Waals surface area contributed by atoms with Crippen LogP contribution in [0.2, 0.25) is 0 Å². The number of nitrogen functional groups attached to an aromatic ring is 2. The van der Waals surface area contributed by atoms with Crippen LogP contribution < -0.4 is 17.3 Å². The molecule has 1 aromatic carbocycles. The summed E-state index contributed by atoms with van der Waals surface area (Å²) in [6.07, 6.45) is 0.649. The zero-order valence-corrected chi connectivity index (χ0v) is 8.74. The van der Waals surface area contributed by atoms with Gasteiger partial charge in [0.25, 0.3) is 0 Å². The molecule has 0 aliphatic carbocycles. The Morgan fingerprint density at radius 2 is 1.88 bits per heavy atom. The van der Waals surface area contributed by atoms with Gasteiger partial charge in [-0.3, -0.25) is 0 Å². The number of hydrogen-bond donors (Lipinski definition) is 3. The van der Waals surface area contributed by atoms with E-state index in [2.05, 4.69) is 10.2 Å². The van der Waals surface area contributed by atoms with Gasteiger partial charge in [-0.15, -0.1) is 10.2 Å². The normalized spacial score (nSPS) is 12.6. The van der Waals surface area contributed by atoms with E-state index < -0.39 is 0 Å². The van der Waals surface area contributed by atoms with Crippen LogP contribution in [0, 0.1) is 0 Å². The average Bonchev–Trinajstić information content (AvgIpc) is 2.61. The summed E-state index contributed by atoms with van der Waals surface area (Å²) in [5, 5.41) is 7.51. The van der Waals surface area contributed by atoms with Gasteiger partial charge >= 0.3 is 0 Å². The maximum atomic E-state index is 5.98. The lowest BCUT2D eigenvalue weighted by molar-refractivity contribution is 0.643. The van der Waals surface area contributed by atoms with E-state index in [1.54, 1.807) is 0 Å². The largest absolute Gasteiger partial charge is 0.366 e. The lowest BCUT2D eigenvalue weighted by atomic mass is 10.1. The Labute approximate surface area is 93.0 Å². The molecule has 1 atom stereocenters.